The Balaban J connectivity index is 1.46. The summed E-state index contributed by atoms with van der Waals surface area (Å²) >= 11 is 0. The summed E-state index contributed by atoms with van der Waals surface area (Å²) < 4.78 is 0. The third kappa shape index (κ3) is 3.34. The highest BCUT2D eigenvalue weighted by molar-refractivity contribution is 5.94. The number of nitrogens with zero attached hydrogens (tertiary/aromatic N) is 2. The molecular formula is C22H26N2O2. The summed E-state index contributed by atoms with van der Waals surface area (Å²) in [5, 5.41) is 9.70. The van der Waals surface area contributed by atoms with E-state index < -0.39 is 0 Å². The molecule has 1 amide bonds. The van der Waals surface area contributed by atoms with Gasteiger partial charge in [0.05, 0.1) is 0 Å². The Bertz CT molecular complexity index is 818. The molecule has 136 valence electrons. The zero-order valence-electron chi connectivity index (χ0n) is 15.3. The van der Waals surface area contributed by atoms with E-state index in [1.165, 1.54) is 11.1 Å². The van der Waals surface area contributed by atoms with Crippen molar-refractivity contribution in [2.75, 3.05) is 19.6 Å². The van der Waals surface area contributed by atoms with E-state index >= 15 is 0 Å². The lowest BCUT2D eigenvalue weighted by Crippen LogP contribution is -2.51. The lowest BCUT2D eigenvalue weighted by Gasteiger charge is -2.41. The summed E-state index contributed by atoms with van der Waals surface area (Å²) in [6.45, 7) is 5.50. The van der Waals surface area contributed by atoms with Gasteiger partial charge in [-0.3, -0.25) is 9.69 Å². The second-order valence-electron chi connectivity index (χ2n) is 7.54. The van der Waals surface area contributed by atoms with Gasteiger partial charge in [0, 0.05) is 37.8 Å². The number of hydrogen-bond acceptors (Lipinski definition) is 3. The molecule has 1 N–H and O–H groups in total. The zero-order valence-corrected chi connectivity index (χ0v) is 15.3. The van der Waals surface area contributed by atoms with Crippen LogP contribution in [0.2, 0.25) is 0 Å². The first-order chi connectivity index (χ1) is 12.6. The zero-order chi connectivity index (χ0) is 18.1. The molecule has 2 aromatic carbocycles. The average molecular weight is 350 g/mol. The van der Waals surface area contributed by atoms with E-state index in [0.29, 0.717) is 11.6 Å². The van der Waals surface area contributed by atoms with Crippen LogP contribution in [0, 0.1) is 6.92 Å². The first-order valence-electron chi connectivity index (χ1n) is 9.51. The number of aromatic hydroxyl groups is 1. The number of phenolic OH excluding ortho intramolecular Hbond substituents is 1. The van der Waals surface area contributed by atoms with Crippen LogP contribution in [0.3, 0.4) is 0 Å². The molecule has 2 heterocycles. The second kappa shape index (κ2) is 7.12. The molecule has 2 aliphatic rings. The lowest BCUT2D eigenvalue weighted by molar-refractivity contribution is 0.0549. The van der Waals surface area contributed by atoms with Crippen LogP contribution in [0.5, 0.6) is 5.75 Å². The van der Waals surface area contributed by atoms with Gasteiger partial charge < -0.3 is 10.0 Å². The largest absolute Gasteiger partial charge is 0.508 e. The molecular weight excluding hydrogens is 324 g/mol. The van der Waals surface area contributed by atoms with Gasteiger partial charge in [-0.2, -0.15) is 0 Å². The fourth-order valence-electron chi connectivity index (χ4n) is 4.24. The maximum Gasteiger partial charge on any atom is 0.253 e. The van der Waals surface area contributed by atoms with Crippen molar-refractivity contribution in [2.24, 2.45) is 0 Å². The molecule has 2 aliphatic heterocycles. The van der Waals surface area contributed by atoms with Crippen LogP contribution < -0.4 is 0 Å². The van der Waals surface area contributed by atoms with Crippen molar-refractivity contribution in [2.45, 2.75) is 38.8 Å². The van der Waals surface area contributed by atoms with E-state index in [2.05, 4.69) is 29.2 Å². The van der Waals surface area contributed by atoms with Crippen molar-refractivity contribution >= 4 is 5.91 Å². The number of phenols is 1. The van der Waals surface area contributed by atoms with Crippen molar-refractivity contribution in [1.29, 1.82) is 0 Å². The summed E-state index contributed by atoms with van der Waals surface area (Å²) in [5.74, 6) is 0.320. The minimum atomic E-state index is 0.0789. The van der Waals surface area contributed by atoms with Gasteiger partial charge in [0.1, 0.15) is 5.75 Å². The molecule has 0 saturated carbocycles. The van der Waals surface area contributed by atoms with Crippen molar-refractivity contribution in [3.63, 3.8) is 0 Å². The molecule has 1 unspecified atom stereocenters. The highest BCUT2D eigenvalue weighted by Gasteiger charge is 2.30. The minimum Gasteiger partial charge on any atom is -0.508 e. The molecule has 4 rings (SSSR count). The predicted octanol–water partition coefficient (Wildman–Crippen LogP) is 3.36. The Kier molecular flexibility index (Phi) is 4.68. The molecule has 4 nitrogen and oxygen atoms in total. The van der Waals surface area contributed by atoms with Crippen LogP contribution in [0.25, 0.3) is 0 Å². The quantitative estimate of drug-likeness (QED) is 0.903. The van der Waals surface area contributed by atoms with Gasteiger partial charge in [0.25, 0.3) is 5.91 Å². The van der Waals surface area contributed by atoms with Crippen LogP contribution in [-0.2, 0) is 13.0 Å². The number of hydrogen-bond donors (Lipinski definition) is 1. The molecule has 0 bridgehead atoms. The molecule has 1 atom stereocenters. The topological polar surface area (TPSA) is 43.8 Å². The number of carbonyl (C=O) groups excluding carboxylic acids is 1. The number of fused-ring (bicyclic) bond motifs is 1. The van der Waals surface area contributed by atoms with E-state index in [0.717, 1.165) is 51.0 Å². The van der Waals surface area contributed by atoms with Crippen molar-refractivity contribution in [3.05, 3.63) is 64.7 Å². The minimum absolute atomic E-state index is 0.0789. The van der Waals surface area contributed by atoms with Gasteiger partial charge >= 0.3 is 0 Å². The molecule has 0 radical (unpaired) electrons. The molecule has 1 saturated heterocycles. The van der Waals surface area contributed by atoms with Crippen LogP contribution in [0.4, 0.5) is 0 Å². The van der Waals surface area contributed by atoms with Crippen molar-refractivity contribution < 1.29 is 9.90 Å². The van der Waals surface area contributed by atoms with E-state index in [9.17, 15) is 9.90 Å². The molecule has 0 aliphatic carbocycles. The predicted molar refractivity (Wildman–Crippen MR) is 102 cm³/mol. The molecule has 0 aromatic heterocycles. The Labute approximate surface area is 155 Å². The maximum atomic E-state index is 12.9. The maximum absolute atomic E-state index is 12.9. The number of carbonyl (C=O) groups is 1. The Morgan fingerprint density at radius 2 is 1.92 bits per heavy atom. The normalized spacial score (nSPS) is 20.7. The monoisotopic (exact) mass is 350 g/mol. The fraction of sp³-hybridized carbons (Fsp3) is 0.409. The van der Waals surface area contributed by atoms with E-state index in [1.54, 1.807) is 18.2 Å². The fourth-order valence-corrected chi connectivity index (χ4v) is 4.24. The van der Waals surface area contributed by atoms with E-state index in [-0.39, 0.29) is 11.7 Å². The first kappa shape index (κ1) is 17.1. The molecule has 26 heavy (non-hydrogen) atoms. The van der Waals surface area contributed by atoms with Crippen LogP contribution >= 0.6 is 0 Å². The summed E-state index contributed by atoms with van der Waals surface area (Å²) in [4.78, 5) is 17.4. The summed E-state index contributed by atoms with van der Waals surface area (Å²) in [5.41, 5.74) is 4.31. The van der Waals surface area contributed by atoms with E-state index in [1.807, 2.05) is 11.8 Å². The van der Waals surface area contributed by atoms with Crippen LogP contribution in [0.1, 0.15) is 39.9 Å². The SMILES string of the molecule is Cc1cc(C(=O)N2CCCC(N3CCc4ccccc4C3)C2)ccc1O. The number of rotatable bonds is 2. The Morgan fingerprint density at radius 1 is 1.12 bits per heavy atom. The number of aryl methyl sites for hydroxylation is 1. The number of benzene rings is 2. The van der Waals surface area contributed by atoms with Gasteiger partial charge in [-0.05, 0) is 61.1 Å². The molecule has 2 aromatic rings. The van der Waals surface area contributed by atoms with Gasteiger partial charge in [-0.15, -0.1) is 0 Å². The number of likely N-dealkylation sites (tertiary alicyclic amines) is 1. The van der Waals surface area contributed by atoms with Gasteiger partial charge in [-0.1, -0.05) is 24.3 Å². The lowest BCUT2D eigenvalue weighted by atomic mass is 9.95. The highest BCUT2D eigenvalue weighted by Crippen LogP contribution is 2.26. The van der Waals surface area contributed by atoms with Crippen molar-refractivity contribution in [3.8, 4) is 5.75 Å². The summed E-state index contributed by atoms with van der Waals surface area (Å²) in [6.07, 6.45) is 3.30. The summed E-state index contributed by atoms with van der Waals surface area (Å²) in [7, 11) is 0. The average Bonchev–Trinajstić information content (AvgIpc) is 2.69. The molecule has 0 spiro atoms. The summed E-state index contributed by atoms with van der Waals surface area (Å²) in [6, 6.07) is 14.3. The number of amides is 1. The molecule has 4 heteroatoms. The molecule has 1 fully saturated rings. The van der Waals surface area contributed by atoms with Crippen LogP contribution in [-0.4, -0.2) is 46.5 Å². The highest BCUT2D eigenvalue weighted by atomic mass is 16.3. The Morgan fingerprint density at radius 3 is 2.73 bits per heavy atom. The standard InChI is InChI=1S/C22H26N2O2/c1-16-13-18(8-9-21(16)25)22(26)24-11-4-7-20(15-24)23-12-10-17-5-2-3-6-19(17)14-23/h2-3,5-6,8-9,13,20,25H,4,7,10-12,14-15H2,1H3. The smallest absolute Gasteiger partial charge is 0.253 e. The third-order valence-corrected chi connectivity index (χ3v) is 5.80. The van der Waals surface area contributed by atoms with E-state index in [4.69, 9.17) is 0 Å². The van der Waals surface area contributed by atoms with Gasteiger partial charge in [0.2, 0.25) is 0 Å². The second-order valence-corrected chi connectivity index (χ2v) is 7.54. The first-order valence-corrected chi connectivity index (χ1v) is 9.51. The van der Waals surface area contributed by atoms with Gasteiger partial charge in [-0.25, -0.2) is 0 Å². The Hall–Kier alpha value is -2.33. The number of piperidine rings is 1. The van der Waals surface area contributed by atoms with Gasteiger partial charge in [0.15, 0.2) is 0 Å². The van der Waals surface area contributed by atoms with Crippen molar-refractivity contribution in [1.82, 2.24) is 9.80 Å². The van der Waals surface area contributed by atoms with Crippen LogP contribution in [0.15, 0.2) is 42.5 Å². The third-order valence-electron chi connectivity index (χ3n) is 5.80.